The molecule has 1 aliphatic carbocycles. The third-order valence-electron chi connectivity index (χ3n) is 6.12. The molecule has 0 unspecified atom stereocenters. The maximum Gasteiger partial charge on any atom is 0.303 e. The van der Waals surface area contributed by atoms with Gasteiger partial charge in [-0.3, -0.25) is 24.1 Å². The van der Waals surface area contributed by atoms with Crippen molar-refractivity contribution in [1.29, 1.82) is 0 Å². The lowest BCUT2D eigenvalue weighted by Gasteiger charge is -2.37. The second-order valence-electron chi connectivity index (χ2n) is 8.72. The van der Waals surface area contributed by atoms with E-state index in [1.807, 2.05) is 42.5 Å². The number of hydrogen-bond donors (Lipinski definition) is 1. The van der Waals surface area contributed by atoms with Crippen LogP contribution in [0.25, 0.3) is 0 Å². The topological polar surface area (TPSA) is 105 Å². The first kappa shape index (κ1) is 24.4. The number of esters is 2. The minimum absolute atomic E-state index is 0.315. The number of carbonyl (C=O) groups is 4. The van der Waals surface area contributed by atoms with Crippen LogP contribution in [0.4, 0.5) is 0 Å². The van der Waals surface area contributed by atoms with Crippen LogP contribution in [0.2, 0.25) is 0 Å². The molecule has 0 radical (unpaired) electrons. The Hall–Kier alpha value is -3.72. The van der Waals surface area contributed by atoms with Gasteiger partial charge in [0.15, 0.2) is 0 Å². The Morgan fingerprint density at radius 2 is 1.37 bits per heavy atom. The normalized spacial score (nSPS) is 17.0. The first-order valence-electron chi connectivity index (χ1n) is 11.6. The second-order valence-corrected chi connectivity index (χ2v) is 8.72. The molecule has 0 bridgehead atoms. The number of rotatable bonds is 8. The Morgan fingerprint density at radius 1 is 0.829 bits per heavy atom. The molecule has 4 rings (SSSR count). The Bertz CT molecular complexity index is 1070. The molecule has 2 aliphatic rings. The van der Waals surface area contributed by atoms with Gasteiger partial charge < -0.3 is 19.7 Å². The molecule has 0 aromatic heterocycles. The number of benzene rings is 2. The highest BCUT2D eigenvalue weighted by Gasteiger charge is 2.44. The summed E-state index contributed by atoms with van der Waals surface area (Å²) in [5, 5.41) is 2.78. The van der Waals surface area contributed by atoms with Gasteiger partial charge in [-0.25, -0.2) is 0 Å². The lowest BCUT2D eigenvalue weighted by Crippen LogP contribution is -2.57. The van der Waals surface area contributed by atoms with Crippen molar-refractivity contribution in [3.63, 3.8) is 0 Å². The minimum Gasteiger partial charge on any atom is -0.448 e. The van der Waals surface area contributed by atoms with E-state index in [0.29, 0.717) is 26.2 Å². The van der Waals surface area contributed by atoms with Crippen LogP contribution in [0.3, 0.4) is 0 Å². The molecule has 2 atom stereocenters. The van der Waals surface area contributed by atoms with E-state index < -0.39 is 36.0 Å². The molecule has 2 aromatic rings. The van der Waals surface area contributed by atoms with Crippen molar-refractivity contribution in [1.82, 2.24) is 15.1 Å². The van der Waals surface area contributed by atoms with Crippen molar-refractivity contribution in [2.75, 3.05) is 26.2 Å². The highest BCUT2D eigenvalue weighted by atomic mass is 16.6. The third kappa shape index (κ3) is 6.05. The van der Waals surface area contributed by atoms with E-state index in [2.05, 4.69) is 22.3 Å². The van der Waals surface area contributed by atoms with Crippen molar-refractivity contribution in [2.45, 2.75) is 38.6 Å². The molecule has 9 nitrogen and oxygen atoms in total. The summed E-state index contributed by atoms with van der Waals surface area (Å²) in [6.45, 7) is 5.08. The summed E-state index contributed by atoms with van der Waals surface area (Å²) in [5.74, 6) is -2.75. The molecule has 0 spiro atoms. The fourth-order valence-corrected chi connectivity index (χ4v) is 4.34. The molecule has 1 aliphatic heterocycles. The Balaban J connectivity index is 1.43. The van der Waals surface area contributed by atoms with Gasteiger partial charge in [-0.2, -0.15) is 0 Å². The lowest BCUT2D eigenvalue weighted by atomic mass is 10.1. The summed E-state index contributed by atoms with van der Waals surface area (Å²) in [7, 11) is 0. The van der Waals surface area contributed by atoms with E-state index in [-0.39, 0.29) is 6.04 Å². The van der Waals surface area contributed by atoms with Gasteiger partial charge in [0.2, 0.25) is 12.2 Å². The largest absolute Gasteiger partial charge is 0.448 e. The molecular weight excluding hydrogens is 450 g/mol. The van der Waals surface area contributed by atoms with E-state index in [1.165, 1.54) is 5.56 Å². The average Bonchev–Trinajstić information content (AvgIpc) is 3.54. The van der Waals surface area contributed by atoms with Crippen molar-refractivity contribution in [3.8, 4) is 0 Å². The number of carbonyl (C=O) groups excluding carboxylic acids is 4. The lowest BCUT2D eigenvalue weighted by molar-refractivity contribution is -0.178. The maximum atomic E-state index is 13.4. The van der Waals surface area contributed by atoms with E-state index in [4.69, 9.17) is 9.47 Å². The first-order valence-corrected chi connectivity index (χ1v) is 11.6. The van der Waals surface area contributed by atoms with Gasteiger partial charge in [0, 0.05) is 46.6 Å². The number of nitrogens with zero attached hydrogens (tertiary/aromatic N) is 2. The van der Waals surface area contributed by atoms with Crippen LogP contribution < -0.4 is 5.32 Å². The maximum absolute atomic E-state index is 13.4. The Labute approximate surface area is 204 Å². The van der Waals surface area contributed by atoms with Gasteiger partial charge >= 0.3 is 11.9 Å². The van der Waals surface area contributed by atoms with E-state index >= 15 is 0 Å². The monoisotopic (exact) mass is 479 g/mol. The summed E-state index contributed by atoms with van der Waals surface area (Å²) in [4.78, 5) is 53.9. The Morgan fingerprint density at radius 3 is 1.94 bits per heavy atom. The highest BCUT2D eigenvalue weighted by molar-refractivity contribution is 5.94. The summed E-state index contributed by atoms with van der Waals surface area (Å²) in [6, 6.07) is 17.2. The number of nitrogens with one attached hydrogen (secondary N) is 1. The van der Waals surface area contributed by atoms with Crippen molar-refractivity contribution in [3.05, 3.63) is 71.3 Å². The minimum atomic E-state index is -1.59. The smallest absolute Gasteiger partial charge is 0.303 e. The first-order chi connectivity index (χ1) is 16.8. The van der Waals surface area contributed by atoms with Gasteiger partial charge in [-0.15, -0.1) is 0 Å². The number of piperazine rings is 1. The summed E-state index contributed by atoms with van der Waals surface area (Å²) >= 11 is 0. The van der Waals surface area contributed by atoms with Crippen LogP contribution in [0, 0.1) is 0 Å². The SMILES string of the molecule is CC(=O)O[C@@H](C(=O)NC1c2ccccc21)[C@@H](OC(C)=O)C(=O)N1CCN(Cc2ccccc2)CC1. The van der Waals surface area contributed by atoms with Crippen LogP contribution >= 0.6 is 0 Å². The Kier molecular flexibility index (Phi) is 7.45. The molecule has 0 saturated carbocycles. The zero-order valence-corrected chi connectivity index (χ0v) is 19.8. The van der Waals surface area contributed by atoms with Crippen LogP contribution in [0.1, 0.15) is 36.6 Å². The molecule has 2 aromatic carbocycles. The van der Waals surface area contributed by atoms with Crippen LogP contribution in [0.5, 0.6) is 0 Å². The number of hydrogen-bond acceptors (Lipinski definition) is 7. The van der Waals surface area contributed by atoms with Crippen molar-refractivity contribution in [2.24, 2.45) is 0 Å². The van der Waals surface area contributed by atoms with Gasteiger partial charge in [-0.1, -0.05) is 54.6 Å². The van der Waals surface area contributed by atoms with Gasteiger partial charge in [0.1, 0.15) is 0 Å². The molecule has 9 heteroatoms. The van der Waals surface area contributed by atoms with E-state index in [9.17, 15) is 19.2 Å². The summed E-state index contributed by atoms with van der Waals surface area (Å²) < 4.78 is 10.5. The summed E-state index contributed by atoms with van der Waals surface area (Å²) in [6.07, 6.45) is -3.16. The average molecular weight is 480 g/mol. The van der Waals surface area contributed by atoms with Gasteiger partial charge in [-0.05, 0) is 16.7 Å². The van der Waals surface area contributed by atoms with E-state index in [0.717, 1.165) is 31.5 Å². The number of ether oxygens (including phenoxy) is 2. The highest BCUT2D eigenvalue weighted by Crippen LogP contribution is 2.40. The molecule has 1 fully saturated rings. The number of amides is 2. The third-order valence-corrected chi connectivity index (χ3v) is 6.12. The predicted molar refractivity (Wildman–Crippen MR) is 126 cm³/mol. The van der Waals surface area contributed by atoms with Crippen LogP contribution in [-0.4, -0.2) is 71.9 Å². The summed E-state index contributed by atoms with van der Waals surface area (Å²) in [5.41, 5.74) is 3.08. The van der Waals surface area contributed by atoms with Crippen molar-refractivity contribution >= 4 is 23.8 Å². The number of fused-ring (bicyclic) bond motifs is 1. The van der Waals surface area contributed by atoms with Gasteiger partial charge in [0.05, 0.1) is 6.04 Å². The van der Waals surface area contributed by atoms with E-state index in [1.54, 1.807) is 4.90 Å². The van der Waals surface area contributed by atoms with Crippen LogP contribution in [-0.2, 0) is 35.2 Å². The molecule has 1 N–H and O–H groups in total. The second kappa shape index (κ2) is 10.7. The fraction of sp³-hybridized carbons (Fsp3) is 0.385. The molecule has 2 amide bonds. The molecule has 1 heterocycles. The standard InChI is InChI=1S/C26H29N3O6/c1-17(30)34-23(25(32)27-22-20-10-6-7-11-21(20)22)24(35-18(2)31)26(33)29-14-12-28(13-15-29)16-19-8-4-3-5-9-19/h3-11,22-24H,12-16H2,1-2H3,(H,27,32)/t23-,24-/m1/s1. The predicted octanol–water partition coefficient (Wildman–Crippen LogP) is 1.41. The molecule has 1 saturated heterocycles. The molecule has 35 heavy (non-hydrogen) atoms. The van der Waals surface area contributed by atoms with Crippen LogP contribution in [0.15, 0.2) is 54.6 Å². The zero-order chi connectivity index (χ0) is 24.9. The van der Waals surface area contributed by atoms with Crippen molar-refractivity contribution < 1.29 is 28.7 Å². The molecular formula is C26H29N3O6. The fourth-order valence-electron chi connectivity index (χ4n) is 4.34. The zero-order valence-electron chi connectivity index (χ0n) is 19.8. The quantitative estimate of drug-likeness (QED) is 0.571. The van der Waals surface area contributed by atoms with Gasteiger partial charge in [0.25, 0.3) is 11.8 Å². The molecule has 184 valence electrons.